The number of amides is 1. The molecule has 0 radical (unpaired) electrons. The maximum Gasteiger partial charge on any atom is 0.263 e. The van der Waals surface area contributed by atoms with Gasteiger partial charge >= 0.3 is 0 Å². The van der Waals surface area contributed by atoms with Gasteiger partial charge in [0, 0.05) is 18.1 Å². The Labute approximate surface area is 149 Å². The van der Waals surface area contributed by atoms with E-state index in [0.29, 0.717) is 11.3 Å². The predicted octanol–water partition coefficient (Wildman–Crippen LogP) is 4.02. The number of carbonyl (C=O) groups is 1. The van der Waals surface area contributed by atoms with Gasteiger partial charge in [-0.3, -0.25) is 4.79 Å². The summed E-state index contributed by atoms with van der Waals surface area (Å²) in [4.78, 5) is 13.9. The highest BCUT2D eigenvalue weighted by Gasteiger charge is 2.19. The molecule has 0 fully saturated rings. The Kier molecular flexibility index (Phi) is 6.20. The first kappa shape index (κ1) is 18.3. The maximum atomic E-state index is 13.7. The number of rotatable bonds is 6. The SMILES string of the molecule is COc1ccc(CN(C)C(=O)C(C)Oc2ccc(Br)cc2)cc1F. The van der Waals surface area contributed by atoms with E-state index in [1.807, 2.05) is 12.1 Å². The van der Waals surface area contributed by atoms with Gasteiger partial charge in [-0.2, -0.15) is 0 Å². The highest BCUT2D eigenvalue weighted by atomic mass is 79.9. The van der Waals surface area contributed by atoms with Crippen molar-refractivity contribution in [2.75, 3.05) is 14.2 Å². The van der Waals surface area contributed by atoms with Crippen molar-refractivity contribution in [2.45, 2.75) is 19.6 Å². The van der Waals surface area contributed by atoms with Crippen LogP contribution in [0.4, 0.5) is 4.39 Å². The first-order valence-electron chi connectivity index (χ1n) is 7.40. The lowest BCUT2D eigenvalue weighted by atomic mass is 10.2. The van der Waals surface area contributed by atoms with Gasteiger partial charge < -0.3 is 14.4 Å². The average molecular weight is 396 g/mol. The van der Waals surface area contributed by atoms with E-state index >= 15 is 0 Å². The lowest BCUT2D eigenvalue weighted by molar-refractivity contribution is -0.137. The average Bonchev–Trinajstić information content (AvgIpc) is 2.56. The largest absolute Gasteiger partial charge is 0.494 e. The summed E-state index contributed by atoms with van der Waals surface area (Å²) >= 11 is 3.35. The van der Waals surface area contributed by atoms with Crippen molar-refractivity contribution in [1.29, 1.82) is 0 Å². The Morgan fingerprint density at radius 1 is 1.25 bits per heavy atom. The van der Waals surface area contributed by atoms with E-state index < -0.39 is 11.9 Å². The third kappa shape index (κ3) is 4.71. The monoisotopic (exact) mass is 395 g/mol. The summed E-state index contributed by atoms with van der Waals surface area (Å²) in [6, 6.07) is 11.9. The van der Waals surface area contributed by atoms with Crippen LogP contribution in [0.3, 0.4) is 0 Å². The molecule has 4 nitrogen and oxygen atoms in total. The van der Waals surface area contributed by atoms with Gasteiger partial charge in [-0.05, 0) is 48.9 Å². The Hall–Kier alpha value is -2.08. The molecule has 0 N–H and O–H groups in total. The second-order valence-corrected chi connectivity index (χ2v) is 6.29. The molecular formula is C18H19BrFNO3. The molecule has 0 aliphatic carbocycles. The molecule has 0 saturated carbocycles. The minimum absolute atomic E-state index is 0.180. The van der Waals surface area contributed by atoms with E-state index in [4.69, 9.17) is 9.47 Å². The van der Waals surface area contributed by atoms with Gasteiger partial charge in [0.1, 0.15) is 5.75 Å². The van der Waals surface area contributed by atoms with E-state index in [-0.39, 0.29) is 18.2 Å². The summed E-state index contributed by atoms with van der Waals surface area (Å²) in [6.45, 7) is 1.98. The third-order valence-corrected chi connectivity index (χ3v) is 4.02. The molecule has 2 rings (SSSR count). The lowest BCUT2D eigenvalue weighted by Gasteiger charge is -2.22. The first-order chi connectivity index (χ1) is 11.4. The van der Waals surface area contributed by atoms with Crippen LogP contribution in [0.2, 0.25) is 0 Å². The van der Waals surface area contributed by atoms with Crippen molar-refractivity contribution >= 4 is 21.8 Å². The second-order valence-electron chi connectivity index (χ2n) is 5.38. The van der Waals surface area contributed by atoms with Crippen molar-refractivity contribution < 1.29 is 18.7 Å². The van der Waals surface area contributed by atoms with Gasteiger partial charge in [0.05, 0.1) is 7.11 Å². The summed E-state index contributed by atoms with van der Waals surface area (Å²) in [6.07, 6.45) is -0.640. The highest BCUT2D eigenvalue weighted by molar-refractivity contribution is 9.10. The number of nitrogens with zero attached hydrogens (tertiary/aromatic N) is 1. The molecule has 0 heterocycles. The number of ether oxygens (including phenoxy) is 2. The van der Waals surface area contributed by atoms with Gasteiger partial charge in [0.25, 0.3) is 5.91 Å². The summed E-state index contributed by atoms with van der Waals surface area (Å²) in [5, 5.41) is 0. The molecule has 1 amide bonds. The molecule has 24 heavy (non-hydrogen) atoms. The van der Waals surface area contributed by atoms with Crippen LogP contribution >= 0.6 is 15.9 Å². The fourth-order valence-corrected chi connectivity index (χ4v) is 2.50. The van der Waals surface area contributed by atoms with Crippen LogP contribution in [0.1, 0.15) is 12.5 Å². The van der Waals surface area contributed by atoms with Crippen molar-refractivity contribution in [3.63, 3.8) is 0 Å². The molecular weight excluding hydrogens is 377 g/mol. The van der Waals surface area contributed by atoms with Crippen molar-refractivity contribution in [1.82, 2.24) is 4.90 Å². The van der Waals surface area contributed by atoms with Gasteiger partial charge in [0.2, 0.25) is 0 Å². The van der Waals surface area contributed by atoms with Gasteiger partial charge in [-0.1, -0.05) is 22.0 Å². The van der Waals surface area contributed by atoms with Crippen molar-refractivity contribution in [3.8, 4) is 11.5 Å². The summed E-state index contributed by atoms with van der Waals surface area (Å²) in [5.41, 5.74) is 0.681. The minimum atomic E-state index is -0.640. The molecule has 6 heteroatoms. The summed E-state index contributed by atoms with van der Waals surface area (Å²) < 4.78 is 25.2. The number of hydrogen-bond acceptors (Lipinski definition) is 3. The van der Waals surface area contributed by atoms with E-state index in [1.54, 1.807) is 38.2 Å². The minimum Gasteiger partial charge on any atom is -0.494 e. The topological polar surface area (TPSA) is 38.8 Å². The van der Waals surface area contributed by atoms with Gasteiger partial charge in [-0.25, -0.2) is 4.39 Å². The zero-order valence-corrected chi connectivity index (χ0v) is 15.3. The number of carbonyl (C=O) groups excluding carboxylic acids is 1. The number of likely N-dealkylation sites (N-methyl/N-ethyl adjacent to an activating group) is 1. The molecule has 0 aliphatic heterocycles. The van der Waals surface area contributed by atoms with Crippen LogP contribution in [0, 0.1) is 5.82 Å². The first-order valence-corrected chi connectivity index (χ1v) is 8.19. The maximum absolute atomic E-state index is 13.7. The zero-order valence-electron chi connectivity index (χ0n) is 13.8. The van der Waals surface area contributed by atoms with E-state index in [9.17, 15) is 9.18 Å². The molecule has 0 spiro atoms. The molecule has 128 valence electrons. The molecule has 0 saturated heterocycles. The van der Waals surface area contributed by atoms with E-state index in [1.165, 1.54) is 18.1 Å². The quantitative estimate of drug-likeness (QED) is 0.741. The Balaban J connectivity index is 1.98. The highest BCUT2D eigenvalue weighted by Crippen LogP contribution is 2.20. The normalized spacial score (nSPS) is 11.7. The molecule has 2 aromatic carbocycles. The molecule has 2 aromatic rings. The summed E-state index contributed by atoms with van der Waals surface area (Å²) in [7, 11) is 3.07. The number of benzene rings is 2. The number of hydrogen-bond donors (Lipinski definition) is 0. The molecule has 0 bridgehead atoms. The number of halogens is 2. The third-order valence-electron chi connectivity index (χ3n) is 3.49. The van der Waals surface area contributed by atoms with Crippen LogP contribution < -0.4 is 9.47 Å². The molecule has 1 atom stereocenters. The zero-order chi connectivity index (χ0) is 17.7. The predicted molar refractivity (Wildman–Crippen MR) is 93.7 cm³/mol. The van der Waals surface area contributed by atoms with Crippen LogP contribution in [0.15, 0.2) is 46.9 Å². The van der Waals surface area contributed by atoms with Crippen LogP contribution in [0.25, 0.3) is 0 Å². The summed E-state index contributed by atoms with van der Waals surface area (Å²) in [5.74, 6) is 0.159. The smallest absolute Gasteiger partial charge is 0.263 e. The molecule has 0 aromatic heterocycles. The molecule has 1 unspecified atom stereocenters. The van der Waals surface area contributed by atoms with Crippen LogP contribution in [0.5, 0.6) is 11.5 Å². The van der Waals surface area contributed by atoms with E-state index in [0.717, 1.165) is 4.47 Å². The standard InChI is InChI=1S/C18H19BrFNO3/c1-12(24-15-7-5-14(19)6-8-15)18(22)21(2)11-13-4-9-17(23-3)16(20)10-13/h4-10,12H,11H2,1-3H3. The Bertz CT molecular complexity index is 706. The fraction of sp³-hybridized carbons (Fsp3) is 0.278. The lowest BCUT2D eigenvalue weighted by Crippen LogP contribution is -2.37. The number of methoxy groups -OCH3 is 1. The van der Waals surface area contributed by atoms with Crippen molar-refractivity contribution in [2.24, 2.45) is 0 Å². The molecule has 0 aliphatic rings. The van der Waals surface area contributed by atoms with E-state index in [2.05, 4.69) is 15.9 Å². The fourth-order valence-electron chi connectivity index (χ4n) is 2.24. The Morgan fingerprint density at radius 2 is 1.92 bits per heavy atom. The second kappa shape index (κ2) is 8.15. The van der Waals surface area contributed by atoms with Gasteiger partial charge in [-0.15, -0.1) is 0 Å². The van der Waals surface area contributed by atoms with Crippen LogP contribution in [-0.2, 0) is 11.3 Å². The van der Waals surface area contributed by atoms with Gasteiger partial charge in [0.15, 0.2) is 17.7 Å². The van der Waals surface area contributed by atoms with Crippen LogP contribution in [-0.4, -0.2) is 31.1 Å². The van der Waals surface area contributed by atoms with Crippen molar-refractivity contribution in [3.05, 3.63) is 58.3 Å². The Morgan fingerprint density at radius 3 is 2.50 bits per heavy atom.